The Bertz CT molecular complexity index is 1260. The molecule has 1 N–H and O–H groups in total. The first-order valence-electron chi connectivity index (χ1n) is 10.8. The largest absolute Gasteiger partial charge is 0.497 e. The van der Waals surface area contributed by atoms with E-state index in [-0.39, 0.29) is 12.0 Å². The van der Waals surface area contributed by atoms with Crippen molar-refractivity contribution in [2.45, 2.75) is 12.5 Å². The zero-order valence-corrected chi connectivity index (χ0v) is 19.1. The molecule has 178 valence electrons. The average molecular weight is 473 g/mol. The number of imide groups is 1. The summed E-state index contributed by atoms with van der Waals surface area (Å²) >= 11 is 0. The highest BCUT2D eigenvalue weighted by molar-refractivity contribution is 6.23. The quantitative estimate of drug-likeness (QED) is 0.436. The number of nitrogens with one attached hydrogen (secondary N) is 1. The van der Waals surface area contributed by atoms with Gasteiger partial charge in [0.2, 0.25) is 5.91 Å². The Morgan fingerprint density at radius 1 is 0.857 bits per heavy atom. The fraction of sp³-hybridized carbons (Fsp3) is 0.154. The number of ether oxygens (including phenoxy) is 2. The van der Waals surface area contributed by atoms with E-state index < -0.39 is 29.7 Å². The number of hydrogen-bond acceptors (Lipinski definition) is 6. The molecule has 4 amide bonds. The van der Waals surface area contributed by atoms with Crippen LogP contribution in [0.3, 0.4) is 0 Å². The van der Waals surface area contributed by atoms with E-state index >= 15 is 0 Å². The second kappa shape index (κ2) is 10.1. The number of methoxy groups -OCH3 is 2. The number of hydrogen-bond donors (Lipinski definition) is 1. The van der Waals surface area contributed by atoms with Crippen LogP contribution in [0.1, 0.15) is 27.1 Å². The van der Waals surface area contributed by atoms with Crippen molar-refractivity contribution in [3.63, 3.8) is 0 Å². The highest BCUT2D eigenvalue weighted by Gasteiger charge is 2.45. The number of nitrogens with zero attached hydrogens (tertiary/aromatic N) is 2. The average Bonchev–Trinajstić information content (AvgIpc) is 3.20. The number of carbonyl (C=O) groups excluding carboxylic acids is 4. The third kappa shape index (κ3) is 4.84. The van der Waals surface area contributed by atoms with E-state index in [0.717, 1.165) is 9.91 Å². The molecule has 3 aromatic carbocycles. The monoisotopic (exact) mass is 473 g/mol. The molecule has 1 fully saturated rings. The second-order valence-corrected chi connectivity index (χ2v) is 7.70. The van der Waals surface area contributed by atoms with Crippen molar-refractivity contribution >= 4 is 29.3 Å². The molecule has 4 rings (SSSR count). The molecule has 1 heterocycles. The summed E-state index contributed by atoms with van der Waals surface area (Å²) in [6, 6.07) is 19.7. The van der Waals surface area contributed by atoms with Crippen LogP contribution in [0.15, 0.2) is 78.9 Å². The first kappa shape index (κ1) is 23.5. The van der Waals surface area contributed by atoms with Gasteiger partial charge in [-0.25, -0.2) is 9.91 Å². The van der Waals surface area contributed by atoms with Crippen molar-refractivity contribution in [3.05, 3.63) is 90.0 Å². The van der Waals surface area contributed by atoms with Crippen molar-refractivity contribution < 1.29 is 28.7 Å². The van der Waals surface area contributed by atoms with Crippen LogP contribution in [0.4, 0.5) is 5.69 Å². The van der Waals surface area contributed by atoms with Crippen LogP contribution < -0.4 is 19.8 Å². The molecular weight excluding hydrogens is 450 g/mol. The molecule has 0 aromatic heterocycles. The molecule has 9 heteroatoms. The first-order chi connectivity index (χ1) is 16.9. The molecule has 0 aliphatic carbocycles. The van der Waals surface area contributed by atoms with Crippen LogP contribution in [0.25, 0.3) is 0 Å². The maximum atomic E-state index is 13.5. The van der Waals surface area contributed by atoms with Crippen molar-refractivity contribution in [1.82, 2.24) is 10.4 Å². The van der Waals surface area contributed by atoms with Gasteiger partial charge >= 0.3 is 0 Å². The number of amides is 4. The van der Waals surface area contributed by atoms with Gasteiger partial charge in [0.1, 0.15) is 17.5 Å². The van der Waals surface area contributed by atoms with E-state index in [9.17, 15) is 19.2 Å². The van der Waals surface area contributed by atoms with Crippen LogP contribution in [-0.2, 0) is 9.59 Å². The molecule has 1 unspecified atom stereocenters. The number of benzene rings is 3. The SMILES string of the molecule is COc1ccc(C(=O)N(NC(=O)c2ccccc2)C2CC(=O)N(c3cccc(OC)c3)C2=O)cc1. The third-order valence-corrected chi connectivity index (χ3v) is 5.56. The van der Waals surface area contributed by atoms with Gasteiger partial charge in [0.25, 0.3) is 17.7 Å². The minimum atomic E-state index is -1.24. The minimum Gasteiger partial charge on any atom is -0.497 e. The fourth-order valence-corrected chi connectivity index (χ4v) is 3.74. The Morgan fingerprint density at radius 2 is 1.54 bits per heavy atom. The summed E-state index contributed by atoms with van der Waals surface area (Å²) in [6.45, 7) is 0. The molecular formula is C26H23N3O6. The fourth-order valence-electron chi connectivity index (χ4n) is 3.74. The van der Waals surface area contributed by atoms with E-state index in [2.05, 4.69) is 5.43 Å². The minimum absolute atomic E-state index is 0.208. The van der Waals surface area contributed by atoms with Crippen molar-refractivity contribution in [1.29, 1.82) is 0 Å². The lowest BCUT2D eigenvalue weighted by atomic mass is 10.1. The molecule has 1 saturated heterocycles. The Labute approximate surface area is 201 Å². The van der Waals surface area contributed by atoms with Crippen LogP contribution >= 0.6 is 0 Å². The van der Waals surface area contributed by atoms with Gasteiger partial charge in [-0.1, -0.05) is 24.3 Å². The molecule has 0 radical (unpaired) electrons. The van der Waals surface area contributed by atoms with Gasteiger partial charge in [0.15, 0.2) is 0 Å². The summed E-state index contributed by atoms with van der Waals surface area (Å²) < 4.78 is 10.3. The smallest absolute Gasteiger partial charge is 0.273 e. The molecule has 1 atom stereocenters. The van der Waals surface area contributed by atoms with E-state index in [1.807, 2.05) is 0 Å². The summed E-state index contributed by atoms with van der Waals surface area (Å²) in [6.07, 6.45) is -0.299. The summed E-state index contributed by atoms with van der Waals surface area (Å²) in [5.74, 6) is -1.37. The van der Waals surface area contributed by atoms with E-state index in [0.29, 0.717) is 22.7 Å². The van der Waals surface area contributed by atoms with Crippen molar-refractivity contribution in [2.24, 2.45) is 0 Å². The van der Waals surface area contributed by atoms with Gasteiger partial charge in [0.05, 0.1) is 26.3 Å². The molecule has 1 aliphatic heterocycles. The summed E-state index contributed by atoms with van der Waals surface area (Å²) in [4.78, 5) is 53.7. The maximum Gasteiger partial charge on any atom is 0.273 e. The van der Waals surface area contributed by atoms with E-state index in [1.165, 1.54) is 26.4 Å². The lowest BCUT2D eigenvalue weighted by Gasteiger charge is -2.28. The number of hydrazine groups is 1. The van der Waals surface area contributed by atoms with Crippen LogP contribution in [0.2, 0.25) is 0 Å². The Kier molecular flexibility index (Phi) is 6.77. The van der Waals surface area contributed by atoms with E-state index in [4.69, 9.17) is 9.47 Å². The molecule has 0 spiro atoms. The second-order valence-electron chi connectivity index (χ2n) is 7.70. The predicted molar refractivity (Wildman–Crippen MR) is 127 cm³/mol. The molecule has 9 nitrogen and oxygen atoms in total. The summed E-state index contributed by atoms with van der Waals surface area (Å²) in [5.41, 5.74) is 3.35. The summed E-state index contributed by atoms with van der Waals surface area (Å²) in [7, 11) is 2.98. The first-order valence-corrected chi connectivity index (χ1v) is 10.8. The molecule has 3 aromatic rings. The van der Waals surface area contributed by atoms with Crippen LogP contribution in [0, 0.1) is 0 Å². The topological polar surface area (TPSA) is 105 Å². The summed E-state index contributed by atoms with van der Waals surface area (Å²) in [5, 5.41) is 0.928. The Balaban J connectivity index is 1.68. The normalized spacial score (nSPS) is 15.0. The highest BCUT2D eigenvalue weighted by atomic mass is 16.5. The van der Waals surface area contributed by atoms with Gasteiger partial charge in [-0.2, -0.15) is 0 Å². The molecule has 0 bridgehead atoms. The van der Waals surface area contributed by atoms with Gasteiger partial charge in [-0.3, -0.25) is 24.6 Å². The number of carbonyl (C=O) groups is 4. The van der Waals surface area contributed by atoms with Crippen molar-refractivity contribution in [3.8, 4) is 11.5 Å². The zero-order valence-electron chi connectivity index (χ0n) is 19.1. The van der Waals surface area contributed by atoms with Gasteiger partial charge in [0, 0.05) is 17.2 Å². The number of anilines is 1. The molecule has 1 aliphatic rings. The Morgan fingerprint density at radius 3 is 2.20 bits per heavy atom. The van der Waals surface area contributed by atoms with Gasteiger partial charge < -0.3 is 9.47 Å². The standard InChI is InChI=1S/C26H23N3O6/c1-34-20-13-11-18(12-14-20)25(32)29(27-24(31)17-7-4-3-5-8-17)22-16-23(30)28(26(22)33)19-9-6-10-21(15-19)35-2/h3-15,22H,16H2,1-2H3,(H,27,31). The lowest BCUT2D eigenvalue weighted by molar-refractivity contribution is -0.122. The Hall–Kier alpha value is -4.66. The molecule has 35 heavy (non-hydrogen) atoms. The highest BCUT2D eigenvalue weighted by Crippen LogP contribution is 2.29. The van der Waals surface area contributed by atoms with Crippen LogP contribution in [-0.4, -0.2) is 48.9 Å². The predicted octanol–water partition coefficient (Wildman–Crippen LogP) is 2.82. The van der Waals surface area contributed by atoms with E-state index in [1.54, 1.807) is 66.7 Å². The molecule has 0 saturated carbocycles. The zero-order chi connectivity index (χ0) is 24.9. The van der Waals surface area contributed by atoms with Crippen molar-refractivity contribution in [2.75, 3.05) is 19.1 Å². The van der Waals surface area contributed by atoms with Gasteiger partial charge in [-0.15, -0.1) is 0 Å². The third-order valence-electron chi connectivity index (χ3n) is 5.56. The number of rotatable bonds is 6. The maximum absolute atomic E-state index is 13.5. The lowest BCUT2D eigenvalue weighted by Crippen LogP contribution is -2.54. The van der Waals surface area contributed by atoms with Crippen LogP contribution in [0.5, 0.6) is 11.5 Å². The van der Waals surface area contributed by atoms with Gasteiger partial charge in [-0.05, 0) is 48.5 Å².